The van der Waals surface area contributed by atoms with Crippen molar-refractivity contribution in [1.29, 1.82) is 0 Å². The van der Waals surface area contributed by atoms with Crippen LogP contribution in [0, 0.1) is 5.92 Å². The summed E-state index contributed by atoms with van der Waals surface area (Å²) < 4.78 is 5.40. The first kappa shape index (κ1) is 16.1. The molecule has 2 aliphatic heterocycles. The second-order valence-electron chi connectivity index (χ2n) is 6.11. The van der Waals surface area contributed by atoms with Gasteiger partial charge in [-0.15, -0.1) is 0 Å². The van der Waals surface area contributed by atoms with E-state index in [4.69, 9.17) is 4.74 Å². The first-order chi connectivity index (χ1) is 10.1. The van der Waals surface area contributed by atoms with E-state index >= 15 is 0 Å². The number of nitrogens with one attached hydrogen (secondary N) is 1. The molecule has 2 aliphatic rings. The third-order valence-electron chi connectivity index (χ3n) is 4.59. The molecule has 6 nitrogen and oxygen atoms in total. The molecular formula is C15H26N2O4. The molecule has 0 aromatic rings. The number of nitrogens with zero attached hydrogens (tertiary/aromatic N) is 1. The number of amides is 2. The van der Waals surface area contributed by atoms with Crippen molar-refractivity contribution in [2.24, 2.45) is 5.92 Å². The van der Waals surface area contributed by atoms with E-state index in [1.54, 1.807) is 0 Å². The number of rotatable bonds is 5. The largest absolute Gasteiger partial charge is 0.479 e. The third-order valence-corrected chi connectivity index (χ3v) is 4.59. The number of carboxylic acid groups (broad SMARTS) is 1. The maximum absolute atomic E-state index is 12.4. The van der Waals surface area contributed by atoms with E-state index in [2.05, 4.69) is 5.32 Å². The first-order valence-corrected chi connectivity index (χ1v) is 7.97. The van der Waals surface area contributed by atoms with Gasteiger partial charge < -0.3 is 20.1 Å². The average molecular weight is 298 g/mol. The number of carbonyl (C=O) groups excluding carboxylic acids is 1. The fourth-order valence-electron chi connectivity index (χ4n) is 3.47. The van der Waals surface area contributed by atoms with Gasteiger partial charge in [-0.05, 0) is 38.0 Å². The standard InChI is InChI=1S/C15H26N2O4/c1-2-6-15(13(18)19)7-4-8-17(15)14(20)16-10-12-5-3-9-21-11-12/h12H,2-11H2,1H3,(H,16,20)(H,18,19). The van der Waals surface area contributed by atoms with Crippen LogP contribution < -0.4 is 5.32 Å². The molecule has 2 atom stereocenters. The van der Waals surface area contributed by atoms with Gasteiger partial charge in [-0.3, -0.25) is 0 Å². The molecule has 0 bridgehead atoms. The molecule has 0 saturated carbocycles. The molecule has 2 unspecified atom stereocenters. The topological polar surface area (TPSA) is 78.9 Å². The number of aliphatic carboxylic acids is 1. The molecule has 6 heteroatoms. The lowest BCUT2D eigenvalue weighted by Crippen LogP contribution is -2.56. The molecule has 2 saturated heterocycles. The third kappa shape index (κ3) is 3.48. The highest BCUT2D eigenvalue weighted by atomic mass is 16.5. The number of carboxylic acids is 1. The minimum absolute atomic E-state index is 0.242. The fourth-order valence-corrected chi connectivity index (χ4v) is 3.47. The predicted molar refractivity (Wildman–Crippen MR) is 78.2 cm³/mol. The number of hydrogen-bond acceptors (Lipinski definition) is 3. The summed E-state index contributed by atoms with van der Waals surface area (Å²) in [6.45, 7) is 4.53. The molecular weight excluding hydrogens is 272 g/mol. The van der Waals surface area contributed by atoms with Crippen molar-refractivity contribution in [3.8, 4) is 0 Å². The zero-order valence-electron chi connectivity index (χ0n) is 12.8. The van der Waals surface area contributed by atoms with Gasteiger partial charge in [-0.1, -0.05) is 13.3 Å². The lowest BCUT2D eigenvalue weighted by Gasteiger charge is -2.35. The Bertz CT molecular complexity index is 382. The van der Waals surface area contributed by atoms with Gasteiger partial charge in [0.2, 0.25) is 0 Å². The lowest BCUT2D eigenvalue weighted by atomic mass is 9.91. The van der Waals surface area contributed by atoms with Crippen LogP contribution in [-0.4, -0.2) is 53.8 Å². The molecule has 0 spiro atoms. The predicted octanol–water partition coefficient (Wildman–Crippen LogP) is 1.84. The second kappa shape index (κ2) is 7.11. The van der Waals surface area contributed by atoms with Gasteiger partial charge in [-0.25, -0.2) is 9.59 Å². The van der Waals surface area contributed by atoms with E-state index in [9.17, 15) is 14.7 Å². The summed E-state index contributed by atoms with van der Waals surface area (Å²) >= 11 is 0. The van der Waals surface area contributed by atoms with Crippen molar-refractivity contribution in [2.45, 2.75) is 51.0 Å². The molecule has 2 amide bonds. The highest BCUT2D eigenvalue weighted by Gasteiger charge is 2.49. The molecule has 2 N–H and O–H groups in total. The van der Waals surface area contributed by atoms with Crippen LogP contribution in [0.2, 0.25) is 0 Å². The van der Waals surface area contributed by atoms with E-state index in [0.717, 1.165) is 32.3 Å². The Kier molecular flexibility index (Phi) is 5.45. The molecule has 120 valence electrons. The van der Waals surface area contributed by atoms with Crippen LogP contribution in [0.15, 0.2) is 0 Å². The van der Waals surface area contributed by atoms with Gasteiger partial charge in [-0.2, -0.15) is 0 Å². The lowest BCUT2D eigenvalue weighted by molar-refractivity contribution is -0.148. The van der Waals surface area contributed by atoms with Gasteiger partial charge in [0.1, 0.15) is 5.54 Å². The maximum atomic E-state index is 12.4. The SMILES string of the molecule is CCCC1(C(=O)O)CCCN1C(=O)NCC1CCCOC1. The minimum Gasteiger partial charge on any atom is -0.479 e. The molecule has 2 fully saturated rings. The van der Waals surface area contributed by atoms with Crippen molar-refractivity contribution in [2.75, 3.05) is 26.3 Å². The zero-order chi connectivity index (χ0) is 15.3. The summed E-state index contributed by atoms with van der Waals surface area (Å²) in [5.74, 6) is -0.534. The second-order valence-corrected chi connectivity index (χ2v) is 6.11. The van der Waals surface area contributed by atoms with Crippen LogP contribution >= 0.6 is 0 Å². The van der Waals surface area contributed by atoms with E-state index < -0.39 is 11.5 Å². The summed E-state index contributed by atoms with van der Waals surface area (Å²) in [5.41, 5.74) is -1.01. The number of hydrogen-bond donors (Lipinski definition) is 2. The number of urea groups is 1. The minimum atomic E-state index is -1.01. The van der Waals surface area contributed by atoms with Crippen molar-refractivity contribution >= 4 is 12.0 Å². The van der Waals surface area contributed by atoms with Crippen LogP contribution in [0.3, 0.4) is 0 Å². The summed E-state index contributed by atoms with van der Waals surface area (Å²) in [6.07, 6.45) is 4.66. The van der Waals surface area contributed by atoms with Gasteiger partial charge >= 0.3 is 12.0 Å². The summed E-state index contributed by atoms with van der Waals surface area (Å²) in [5, 5.41) is 12.5. The molecule has 0 aliphatic carbocycles. The number of carbonyl (C=O) groups is 2. The fraction of sp³-hybridized carbons (Fsp3) is 0.867. The molecule has 2 heterocycles. The van der Waals surface area contributed by atoms with Crippen molar-refractivity contribution in [1.82, 2.24) is 10.2 Å². The smallest absolute Gasteiger partial charge is 0.329 e. The van der Waals surface area contributed by atoms with Gasteiger partial charge in [0.05, 0.1) is 6.61 Å². The Balaban J connectivity index is 1.94. The van der Waals surface area contributed by atoms with Crippen LogP contribution in [0.25, 0.3) is 0 Å². The summed E-state index contributed by atoms with van der Waals surface area (Å²) in [6, 6.07) is -0.242. The van der Waals surface area contributed by atoms with Gasteiger partial charge in [0.15, 0.2) is 0 Å². The Morgan fingerprint density at radius 2 is 2.24 bits per heavy atom. The Morgan fingerprint density at radius 3 is 2.86 bits per heavy atom. The van der Waals surface area contributed by atoms with Crippen molar-refractivity contribution in [3.63, 3.8) is 0 Å². The van der Waals surface area contributed by atoms with Crippen LogP contribution in [0.1, 0.15) is 45.4 Å². The van der Waals surface area contributed by atoms with E-state index in [-0.39, 0.29) is 6.03 Å². The average Bonchev–Trinajstić information content (AvgIpc) is 2.91. The Labute approximate surface area is 125 Å². The van der Waals surface area contributed by atoms with Crippen molar-refractivity contribution in [3.05, 3.63) is 0 Å². The van der Waals surface area contributed by atoms with Crippen LogP contribution in [0.5, 0.6) is 0 Å². The highest BCUT2D eigenvalue weighted by Crippen LogP contribution is 2.34. The summed E-state index contributed by atoms with van der Waals surface area (Å²) in [4.78, 5) is 25.6. The first-order valence-electron chi connectivity index (χ1n) is 7.97. The highest BCUT2D eigenvalue weighted by molar-refractivity contribution is 5.87. The quantitative estimate of drug-likeness (QED) is 0.812. The Hall–Kier alpha value is -1.30. The molecule has 0 aromatic heterocycles. The van der Waals surface area contributed by atoms with Gasteiger partial charge in [0, 0.05) is 19.7 Å². The van der Waals surface area contributed by atoms with E-state index in [1.807, 2.05) is 6.92 Å². The Morgan fingerprint density at radius 1 is 1.43 bits per heavy atom. The number of likely N-dealkylation sites (tertiary alicyclic amines) is 1. The zero-order valence-corrected chi connectivity index (χ0v) is 12.8. The molecule has 2 rings (SSSR count). The maximum Gasteiger partial charge on any atom is 0.329 e. The van der Waals surface area contributed by atoms with Crippen LogP contribution in [0.4, 0.5) is 4.79 Å². The molecule has 0 aromatic carbocycles. The van der Waals surface area contributed by atoms with E-state index in [1.165, 1.54) is 4.90 Å². The number of ether oxygens (including phenoxy) is 1. The van der Waals surface area contributed by atoms with Gasteiger partial charge in [0.25, 0.3) is 0 Å². The molecule has 21 heavy (non-hydrogen) atoms. The van der Waals surface area contributed by atoms with E-state index in [0.29, 0.717) is 38.5 Å². The summed E-state index contributed by atoms with van der Waals surface area (Å²) in [7, 11) is 0. The van der Waals surface area contributed by atoms with Crippen molar-refractivity contribution < 1.29 is 19.4 Å². The normalized spacial score (nSPS) is 29.4. The van der Waals surface area contributed by atoms with Crippen LogP contribution in [-0.2, 0) is 9.53 Å². The molecule has 0 radical (unpaired) electrons. The monoisotopic (exact) mass is 298 g/mol.